The van der Waals surface area contributed by atoms with Crippen molar-refractivity contribution in [1.82, 2.24) is 24.6 Å². The lowest BCUT2D eigenvalue weighted by atomic mass is 9.93. The van der Waals surface area contributed by atoms with Gasteiger partial charge in [0.05, 0.1) is 22.3 Å². The third-order valence-electron chi connectivity index (χ3n) is 5.66. The summed E-state index contributed by atoms with van der Waals surface area (Å²) in [6.45, 7) is 8.50. The fraction of sp³-hybridized carbons (Fsp3) is 0.476. The molecule has 0 aliphatic carbocycles. The minimum Gasteiger partial charge on any atom is -0.357 e. The molecule has 0 aromatic carbocycles. The number of aromatic amines is 1. The van der Waals surface area contributed by atoms with E-state index >= 15 is 0 Å². The number of pyridine rings is 1. The average Bonchev–Trinajstić information content (AvgIpc) is 3.23. The molecule has 1 fully saturated rings. The van der Waals surface area contributed by atoms with Crippen LogP contribution in [0.3, 0.4) is 0 Å². The SMILES string of the molecule is CCCn1nc(C)c(C(=O)N2CCC(c3cc4ncccc4[nH]3)CC2)c1C. The van der Waals surface area contributed by atoms with Gasteiger partial charge in [0, 0.05) is 43.1 Å². The minimum absolute atomic E-state index is 0.129. The van der Waals surface area contributed by atoms with Crippen LogP contribution in [0.25, 0.3) is 11.0 Å². The van der Waals surface area contributed by atoms with Gasteiger partial charge in [0.2, 0.25) is 0 Å². The van der Waals surface area contributed by atoms with Crippen molar-refractivity contribution in [2.24, 2.45) is 0 Å². The molecule has 4 heterocycles. The summed E-state index contributed by atoms with van der Waals surface area (Å²) < 4.78 is 1.97. The number of hydrogen-bond donors (Lipinski definition) is 1. The number of carbonyl (C=O) groups excluding carboxylic acids is 1. The van der Waals surface area contributed by atoms with Crippen LogP contribution >= 0.6 is 0 Å². The number of amides is 1. The Morgan fingerprint density at radius 2 is 2.07 bits per heavy atom. The predicted molar refractivity (Wildman–Crippen MR) is 106 cm³/mol. The second kappa shape index (κ2) is 7.18. The van der Waals surface area contributed by atoms with E-state index in [0.29, 0.717) is 5.92 Å². The molecule has 0 saturated carbocycles. The summed E-state index contributed by atoms with van der Waals surface area (Å²) in [5.41, 5.74) is 5.95. The molecule has 1 aliphatic rings. The van der Waals surface area contributed by atoms with E-state index in [1.165, 1.54) is 5.69 Å². The normalized spacial score (nSPS) is 15.6. The van der Waals surface area contributed by atoms with Gasteiger partial charge in [-0.1, -0.05) is 6.92 Å². The Balaban J connectivity index is 1.47. The maximum atomic E-state index is 13.1. The van der Waals surface area contributed by atoms with Gasteiger partial charge in [-0.25, -0.2) is 0 Å². The second-order valence-corrected chi connectivity index (χ2v) is 7.50. The van der Waals surface area contributed by atoms with Crippen LogP contribution in [0.2, 0.25) is 0 Å². The molecule has 6 heteroatoms. The Morgan fingerprint density at radius 1 is 1.30 bits per heavy atom. The van der Waals surface area contributed by atoms with E-state index in [2.05, 4.69) is 34.1 Å². The molecule has 1 amide bonds. The van der Waals surface area contributed by atoms with Crippen molar-refractivity contribution in [2.45, 2.75) is 52.5 Å². The number of aryl methyl sites for hydroxylation is 2. The van der Waals surface area contributed by atoms with Gasteiger partial charge in [0.1, 0.15) is 0 Å². The zero-order valence-corrected chi connectivity index (χ0v) is 16.3. The molecular formula is C21H27N5O. The molecule has 0 unspecified atom stereocenters. The van der Waals surface area contributed by atoms with Crippen LogP contribution in [0.15, 0.2) is 24.4 Å². The monoisotopic (exact) mass is 365 g/mol. The van der Waals surface area contributed by atoms with Crippen LogP contribution in [0.4, 0.5) is 0 Å². The van der Waals surface area contributed by atoms with E-state index in [4.69, 9.17) is 0 Å². The van der Waals surface area contributed by atoms with Gasteiger partial charge in [-0.15, -0.1) is 0 Å². The quantitative estimate of drug-likeness (QED) is 0.764. The highest BCUT2D eigenvalue weighted by molar-refractivity contribution is 5.96. The molecule has 0 radical (unpaired) electrons. The molecular weight excluding hydrogens is 338 g/mol. The summed E-state index contributed by atoms with van der Waals surface area (Å²) in [6, 6.07) is 6.16. The molecule has 1 aliphatic heterocycles. The number of aromatic nitrogens is 4. The molecule has 142 valence electrons. The van der Waals surface area contributed by atoms with E-state index in [9.17, 15) is 4.79 Å². The maximum Gasteiger partial charge on any atom is 0.257 e. The number of fused-ring (bicyclic) bond motifs is 1. The van der Waals surface area contributed by atoms with Gasteiger partial charge in [0.25, 0.3) is 5.91 Å². The van der Waals surface area contributed by atoms with Crippen molar-refractivity contribution < 1.29 is 4.79 Å². The van der Waals surface area contributed by atoms with Crippen molar-refractivity contribution in [1.29, 1.82) is 0 Å². The van der Waals surface area contributed by atoms with Crippen LogP contribution in [0, 0.1) is 13.8 Å². The van der Waals surface area contributed by atoms with E-state index in [1.807, 2.05) is 35.7 Å². The molecule has 27 heavy (non-hydrogen) atoms. The number of piperidine rings is 1. The highest BCUT2D eigenvalue weighted by Gasteiger charge is 2.28. The van der Waals surface area contributed by atoms with E-state index in [0.717, 1.165) is 66.9 Å². The van der Waals surface area contributed by atoms with Gasteiger partial charge in [0.15, 0.2) is 0 Å². The van der Waals surface area contributed by atoms with E-state index in [-0.39, 0.29) is 5.91 Å². The molecule has 1 saturated heterocycles. The van der Waals surface area contributed by atoms with Crippen molar-refractivity contribution in [3.63, 3.8) is 0 Å². The molecule has 0 atom stereocenters. The Bertz CT molecular complexity index is 929. The van der Waals surface area contributed by atoms with Crippen molar-refractivity contribution >= 4 is 16.9 Å². The maximum absolute atomic E-state index is 13.1. The molecule has 0 bridgehead atoms. The average molecular weight is 365 g/mol. The number of rotatable bonds is 4. The molecule has 4 rings (SSSR count). The van der Waals surface area contributed by atoms with Crippen LogP contribution in [-0.4, -0.2) is 43.6 Å². The number of likely N-dealkylation sites (tertiary alicyclic amines) is 1. The standard InChI is InChI=1S/C21H27N5O/c1-4-10-26-15(3)20(14(2)24-26)21(27)25-11-7-16(8-12-25)18-13-19-17(23-18)6-5-9-22-19/h5-6,9,13,16,23H,4,7-8,10-12H2,1-3H3. The summed E-state index contributed by atoms with van der Waals surface area (Å²) >= 11 is 0. The first-order valence-electron chi connectivity index (χ1n) is 9.85. The molecule has 6 nitrogen and oxygen atoms in total. The van der Waals surface area contributed by atoms with Crippen LogP contribution in [0.1, 0.15) is 59.5 Å². The molecule has 1 N–H and O–H groups in total. The number of nitrogens with zero attached hydrogens (tertiary/aromatic N) is 4. The summed E-state index contributed by atoms with van der Waals surface area (Å²) in [5.74, 6) is 0.581. The first-order valence-corrected chi connectivity index (χ1v) is 9.85. The topological polar surface area (TPSA) is 66.8 Å². The highest BCUT2D eigenvalue weighted by Crippen LogP contribution is 2.30. The van der Waals surface area contributed by atoms with Crippen molar-refractivity contribution in [3.8, 4) is 0 Å². The first kappa shape index (κ1) is 17.8. The first-order chi connectivity index (χ1) is 13.1. The number of H-pyrrole nitrogens is 1. The van der Waals surface area contributed by atoms with E-state index in [1.54, 1.807) is 0 Å². The predicted octanol–water partition coefficient (Wildman–Crippen LogP) is 3.81. The molecule has 3 aromatic rings. The Morgan fingerprint density at radius 3 is 2.78 bits per heavy atom. The summed E-state index contributed by atoms with van der Waals surface area (Å²) in [4.78, 5) is 23.0. The summed E-state index contributed by atoms with van der Waals surface area (Å²) in [6.07, 6.45) is 4.78. The fourth-order valence-electron chi connectivity index (χ4n) is 4.18. The summed E-state index contributed by atoms with van der Waals surface area (Å²) in [5, 5.41) is 4.56. The number of carbonyl (C=O) groups is 1. The smallest absolute Gasteiger partial charge is 0.257 e. The zero-order chi connectivity index (χ0) is 19.0. The largest absolute Gasteiger partial charge is 0.357 e. The van der Waals surface area contributed by atoms with Crippen molar-refractivity contribution in [2.75, 3.05) is 13.1 Å². The van der Waals surface area contributed by atoms with Crippen LogP contribution in [0.5, 0.6) is 0 Å². The van der Waals surface area contributed by atoms with Crippen molar-refractivity contribution in [3.05, 3.63) is 47.0 Å². The Hall–Kier alpha value is -2.63. The lowest BCUT2D eigenvalue weighted by molar-refractivity contribution is 0.0710. The number of nitrogens with one attached hydrogen (secondary N) is 1. The van der Waals surface area contributed by atoms with Crippen LogP contribution < -0.4 is 0 Å². The lowest BCUT2D eigenvalue weighted by Gasteiger charge is -2.31. The van der Waals surface area contributed by atoms with E-state index < -0.39 is 0 Å². The molecule has 3 aromatic heterocycles. The zero-order valence-electron chi connectivity index (χ0n) is 16.3. The van der Waals surface area contributed by atoms with Gasteiger partial charge >= 0.3 is 0 Å². The third kappa shape index (κ3) is 3.24. The molecule has 0 spiro atoms. The Kier molecular flexibility index (Phi) is 4.72. The lowest BCUT2D eigenvalue weighted by Crippen LogP contribution is -2.38. The van der Waals surface area contributed by atoms with Gasteiger partial charge in [-0.2, -0.15) is 5.10 Å². The minimum atomic E-state index is 0.129. The number of hydrogen-bond acceptors (Lipinski definition) is 3. The van der Waals surface area contributed by atoms with Gasteiger partial charge < -0.3 is 9.88 Å². The summed E-state index contributed by atoms with van der Waals surface area (Å²) in [7, 11) is 0. The second-order valence-electron chi connectivity index (χ2n) is 7.50. The Labute approximate surface area is 159 Å². The highest BCUT2D eigenvalue weighted by atomic mass is 16.2. The third-order valence-corrected chi connectivity index (χ3v) is 5.66. The van der Waals surface area contributed by atoms with Gasteiger partial charge in [-0.3, -0.25) is 14.5 Å². The van der Waals surface area contributed by atoms with Crippen LogP contribution in [-0.2, 0) is 6.54 Å². The fourth-order valence-corrected chi connectivity index (χ4v) is 4.18. The van der Waals surface area contributed by atoms with Gasteiger partial charge in [-0.05, 0) is 51.3 Å².